The van der Waals surface area contributed by atoms with E-state index in [-0.39, 0.29) is 17.8 Å². The normalized spacial score (nSPS) is 26.3. The zero-order valence-electron chi connectivity index (χ0n) is 23.4. The Balaban J connectivity index is 1.05. The molecule has 0 spiro atoms. The molecule has 5 N–H and O–H groups in total. The third kappa shape index (κ3) is 5.13. The number of anilines is 1. The molecular weight excluding hydrogens is 508 g/mol. The number of hydrogen-bond acceptors (Lipinski definition) is 7. The molecule has 2 aromatic rings. The molecule has 214 valence electrons. The van der Waals surface area contributed by atoms with E-state index >= 15 is 0 Å². The molecule has 40 heavy (non-hydrogen) atoms. The number of carbonyl (C=O) groups is 2. The van der Waals surface area contributed by atoms with Crippen molar-refractivity contribution in [3.05, 3.63) is 52.1 Å². The molecular formula is C29H40N8O3. The van der Waals surface area contributed by atoms with Gasteiger partial charge in [0.15, 0.2) is 0 Å². The number of amides is 3. The van der Waals surface area contributed by atoms with Crippen molar-refractivity contribution >= 4 is 17.8 Å². The molecule has 6 rings (SSSR count). The summed E-state index contributed by atoms with van der Waals surface area (Å²) in [5, 5.41) is 2.72. The molecule has 4 aliphatic rings. The minimum Gasteiger partial charge on any atom is -0.338 e. The smallest absolute Gasteiger partial charge is 0.338 e. The molecule has 3 amide bonds. The summed E-state index contributed by atoms with van der Waals surface area (Å²) in [6.45, 7) is 8.16. The Kier molecular flexibility index (Phi) is 6.92. The average molecular weight is 549 g/mol. The number of urea groups is 1. The zero-order chi connectivity index (χ0) is 28.2. The van der Waals surface area contributed by atoms with E-state index in [4.69, 9.17) is 11.5 Å². The van der Waals surface area contributed by atoms with Crippen LogP contribution in [0.5, 0.6) is 0 Å². The number of hydrogen-bond donors (Lipinski definition) is 3. The molecule has 11 nitrogen and oxygen atoms in total. The minimum absolute atomic E-state index is 0.135. The lowest BCUT2D eigenvalue weighted by molar-refractivity contribution is -0.137. The SMILES string of the molecule is CC(C)(N)C(=O)N1CCN(C(=O)Nc2ccn(-c3ccc4c(c3)CCC(N3C[C@@H]5C(CN)[C@@H]5C3)C4)c(=O)n2)CC1. The Bertz CT molecular complexity index is 1350. The number of fused-ring (bicyclic) bond motifs is 2. The number of nitrogens with zero attached hydrogens (tertiary/aromatic N) is 5. The topological polar surface area (TPSA) is 143 Å². The highest BCUT2D eigenvalue weighted by Crippen LogP contribution is 2.52. The van der Waals surface area contributed by atoms with Crippen LogP contribution in [0.3, 0.4) is 0 Å². The summed E-state index contributed by atoms with van der Waals surface area (Å²) in [6.07, 6.45) is 4.83. The molecule has 3 fully saturated rings. The van der Waals surface area contributed by atoms with Crippen LogP contribution in [0.15, 0.2) is 35.3 Å². The van der Waals surface area contributed by atoms with Gasteiger partial charge in [0.1, 0.15) is 5.82 Å². The number of piperazine rings is 1. The Hall–Kier alpha value is -3.28. The van der Waals surface area contributed by atoms with Crippen LogP contribution < -0.4 is 22.5 Å². The van der Waals surface area contributed by atoms with Gasteiger partial charge in [0.2, 0.25) is 5.91 Å². The van der Waals surface area contributed by atoms with Gasteiger partial charge in [-0.3, -0.25) is 19.6 Å². The summed E-state index contributed by atoms with van der Waals surface area (Å²) < 4.78 is 1.52. The van der Waals surface area contributed by atoms with Crippen LogP contribution in [-0.4, -0.2) is 93.6 Å². The highest BCUT2D eigenvalue weighted by Gasteiger charge is 2.55. The van der Waals surface area contributed by atoms with Crippen molar-refractivity contribution in [2.75, 3.05) is 51.1 Å². The van der Waals surface area contributed by atoms with Crippen molar-refractivity contribution in [1.82, 2.24) is 24.3 Å². The van der Waals surface area contributed by atoms with Crippen molar-refractivity contribution in [3.8, 4) is 5.69 Å². The van der Waals surface area contributed by atoms with E-state index in [0.29, 0.717) is 32.2 Å². The van der Waals surface area contributed by atoms with Crippen molar-refractivity contribution < 1.29 is 9.59 Å². The van der Waals surface area contributed by atoms with E-state index in [9.17, 15) is 14.4 Å². The molecule has 2 unspecified atom stereocenters. The highest BCUT2D eigenvalue weighted by atomic mass is 16.2. The lowest BCUT2D eigenvalue weighted by atomic mass is 9.87. The summed E-state index contributed by atoms with van der Waals surface area (Å²) >= 11 is 0. The lowest BCUT2D eigenvalue weighted by Crippen LogP contribution is -2.58. The Morgan fingerprint density at radius 2 is 1.75 bits per heavy atom. The molecule has 11 heteroatoms. The minimum atomic E-state index is -0.943. The summed E-state index contributed by atoms with van der Waals surface area (Å²) in [7, 11) is 0. The number of carbonyl (C=O) groups excluding carboxylic acids is 2. The summed E-state index contributed by atoms with van der Waals surface area (Å²) in [4.78, 5) is 48.1. The quantitative estimate of drug-likeness (QED) is 0.498. The van der Waals surface area contributed by atoms with Crippen molar-refractivity contribution in [2.45, 2.75) is 44.7 Å². The first-order valence-corrected chi connectivity index (χ1v) is 14.4. The number of aryl methyl sites for hydroxylation is 1. The van der Waals surface area contributed by atoms with E-state index in [1.807, 2.05) is 6.07 Å². The van der Waals surface area contributed by atoms with Gasteiger partial charge < -0.3 is 21.3 Å². The fraction of sp³-hybridized carbons (Fsp3) is 0.586. The number of rotatable bonds is 5. The molecule has 1 aromatic carbocycles. The Morgan fingerprint density at radius 1 is 1.05 bits per heavy atom. The van der Waals surface area contributed by atoms with Crippen LogP contribution in [0.1, 0.15) is 31.4 Å². The second-order valence-electron chi connectivity index (χ2n) is 12.4. The van der Waals surface area contributed by atoms with Gasteiger partial charge in [-0.25, -0.2) is 9.59 Å². The second kappa shape index (κ2) is 10.3. The molecule has 2 aliphatic heterocycles. The largest absolute Gasteiger partial charge is 0.354 e. The third-order valence-corrected chi connectivity index (χ3v) is 9.30. The Morgan fingerprint density at radius 3 is 2.40 bits per heavy atom. The molecule has 2 aliphatic carbocycles. The summed E-state index contributed by atoms with van der Waals surface area (Å²) in [6, 6.07) is 8.11. The van der Waals surface area contributed by atoms with Gasteiger partial charge in [-0.15, -0.1) is 0 Å². The van der Waals surface area contributed by atoms with E-state index in [1.54, 1.807) is 35.9 Å². The van der Waals surface area contributed by atoms with E-state index in [0.717, 1.165) is 49.2 Å². The third-order valence-electron chi connectivity index (χ3n) is 9.30. The van der Waals surface area contributed by atoms with Gasteiger partial charge in [-0.05, 0) is 86.7 Å². The Labute approximate surface area is 234 Å². The average Bonchev–Trinajstić information content (AvgIpc) is 3.41. The van der Waals surface area contributed by atoms with Crippen molar-refractivity contribution in [3.63, 3.8) is 0 Å². The maximum absolute atomic E-state index is 12.9. The molecule has 4 atom stereocenters. The number of benzene rings is 1. The summed E-state index contributed by atoms with van der Waals surface area (Å²) in [5.74, 6) is 2.44. The first-order chi connectivity index (χ1) is 19.1. The fourth-order valence-electron chi connectivity index (χ4n) is 6.89. The van der Waals surface area contributed by atoms with Crippen molar-refractivity contribution in [2.24, 2.45) is 29.2 Å². The number of nitrogens with two attached hydrogens (primary N) is 2. The first-order valence-electron chi connectivity index (χ1n) is 14.4. The van der Waals surface area contributed by atoms with E-state index in [1.165, 1.54) is 28.8 Å². The zero-order valence-corrected chi connectivity index (χ0v) is 23.4. The molecule has 2 saturated heterocycles. The predicted molar refractivity (Wildman–Crippen MR) is 152 cm³/mol. The van der Waals surface area contributed by atoms with E-state index in [2.05, 4.69) is 27.3 Å². The van der Waals surface area contributed by atoms with Gasteiger partial charge in [-0.2, -0.15) is 4.98 Å². The van der Waals surface area contributed by atoms with Crippen LogP contribution in [0.25, 0.3) is 5.69 Å². The van der Waals surface area contributed by atoms with Gasteiger partial charge in [0.05, 0.1) is 11.2 Å². The van der Waals surface area contributed by atoms with Gasteiger partial charge in [0.25, 0.3) is 0 Å². The maximum atomic E-state index is 12.9. The molecule has 0 radical (unpaired) electrons. The maximum Gasteiger partial charge on any atom is 0.354 e. The standard InChI is InChI=1S/C29H40N8O3/c1-29(2,31)26(38)34-9-11-35(12-10-34)27(39)32-25-7-8-37(28(40)33-25)21-6-4-18-13-20(5-3-19(18)14-21)36-16-23-22(15-30)24(23)17-36/h4,6-8,14,20,22-24H,3,5,9-13,15-17,30-31H2,1-2H3,(H,32,33,39,40)/t20?,22?,23-,24+. The first kappa shape index (κ1) is 26.9. The number of aromatic nitrogens is 2. The predicted octanol–water partition coefficient (Wildman–Crippen LogP) is 0.640. The van der Waals surface area contributed by atoms with Gasteiger partial charge in [0, 0.05) is 51.5 Å². The number of likely N-dealkylation sites (tertiary alicyclic amines) is 1. The van der Waals surface area contributed by atoms with Gasteiger partial charge >= 0.3 is 11.7 Å². The lowest BCUT2D eigenvalue weighted by Gasteiger charge is -2.37. The van der Waals surface area contributed by atoms with Crippen molar-refractivity contribution in [1.29, 1.82) is 0 Å². The number of piperidine rings is 1. The van der Waals surface area contributed by atoms with Crippen LogP contribution in [0, 0.1) is 17.8 Å². The van der Waals surface area contributed by atoms with Crippen LogP contribution in [0.4, 0.5) is 10.6 Å². The highest BCUT2D eigenvalue weighted by molar-refractivity contribution is 5.89. The number of nitrogens with one attached hydrogen (secondary N) is 1. The van der Waals surface area contributed by atoms with E-state index < -0.39 is 11.2 Å². The van der Waals surface area contributed by atoms with Gasteiger partial charge in [-0.1, -0.05) is 6.07 Å². The molecule has 1 saturated carbocycles. The second-order valence-corrected chi connectivity index (χ2v) is 12.4. The monoisotopic (exact) mass is 548 g/mol. The van der Waals surface area contributed by atoms with Crippen LogP contribution in [0.2, 0.25) is 0 Å². The molecule has 3 heterocycles. The van der Waals surface area contributed by atoms with Crippen LogP contribution >= 0.6 is 0 Å². The summed E-state index contributed by atoms with van der Waals surface area (Å²) in [5.41, 5.74) is 13.8. The fourth-order valence-corrected chi connectivity index (χ4v) is 6.89. The molecule has 0 bridgehead atoms. The molecule has 1 aromatic heterocycles. The van der Waals surface area contributed by atoms with Crippen LogP contribution in [-0.2, 0) is 17.6 Å².